The molecule has 4 fully saturated rings. The molecular formula is C28H39N3O5. The summed E-state index contributed by atoms with van der Waals surface area (Å²) in [6, 6.07) is 7.87. The molecule has 2 bridgehead atoms. The number of rotatable bonds is 7. The van der Waals surface area contributed by atoms with Gasteiger partial charge < -0.3 is 25.4 Å². The Morgan fingerprint density at radius 1 is 1.11 bits per heavy atom. The van der Waals surface area contributed by atoms with Crippen LogP contribution in [0.4, 0.5) is 5.69 Å². The Hall–Kier alpha value is -2.45. The summed E-state index contributed by atoms with van der Waals surface area (Å²) in [5.41, 5.74) is -1.25. The van der Waals surface area contributed by atoms with Crippen LogP contribution < -0.4 is 10.6 Å². The van der Waals surface area contributed by atoms with Crippen molar-refractivity contribution in [3.8, 4) is 0 Å². The third kappa shape index (κ3) is 3.93. The summed E-state index contributed by atoms with van der Waals surface area (Å²) in [6.45, 7) is 5.52. The molecule has 1 aliphatic carbocycles. The summed E-state index contributed by atoms with van der Waals surface area (Å²) in [4.78, 5) is 43.3. The molecule has 1 spiro atoms. The van der Waals surface area contributed by atoms with Crippen LogP contribution in [0.15, 0.2) is 30.3 Å². The lowest BCUT2D eigenvalue weighted by molar-refractivity contribution is -0.150. The molecule has 5 rings (SSSR count). The molecular weight excluding hydrogens is 458 g/mol. The van der Waals surface area contributed by atoms with E-state index < -0.39 is 35.1 Å². The molecule has 4 aliphatic rings. The van der Waals surface area contributed by atoms with Crippen LogP contribution in [-0.4, -0.2) is 63.7 Å². The Bertz CT molecular complexity index is 1010. The molecule has 1 saturated carbocycles. The Balaban J connectivity index is 1.51. The second-order valence-electron chi connectivity index (χ2n) is 11.7. The van der Waals surface area contributed by atoms with Gasteiger partial charge in [-0.05, 0) is 50.7 Å². The highest BCUT2D eigenvalue weighted by molar-refractivity contribution is 6.02. The molecule has 1 aromatic carbocycles. The number of aliphatic hydroxyl groups is 1. The molecule has 3 amide bonds. The van der Waals surface area contributed by atoms with E-state index in [9.17, 15) is 19.5 Å². The van der Waals surface area contributed by atoms with Crippen molar-refractivity contribution in [2.75, 3.05) is 11.9 Å². The Morgan fingerprint density at radius 3 is 2.44 bits per heavy atom. The van der Waals surface area contributed by atoms with Gasteiger partial charge in [0.2, 0.25) is 17.7 Å². The quantitative estimate of drug-likeness (QED) is 0.537. The lowest BCUT2D eigenvalue weighted by Gasteiger charge is -2.39. The zero-order valence-corrected chi connectivity index (χ0v) is 21.5. The van der Waals surface area contributed by atoms with Gasteiger partial charge in [-0.15, -0.1) is 0 Å². The van der Waals surface area contributed by atoms with E-state index >= 15 is 0 Å². The molecule has 3 aliphatic heterocycles. The summed E-state index contributed by atoms with van der Waals surface area (Å²) in [5, 5.41) is 16.5. The van der Waals surface area contributed by atoms with Gasteiger partial charge >= 0.3 is 0 Å². The van der Waals surface area contributed by atoms with Crippen LogP contribution in [0.1, 0.15) is 65.7 Å². The van der Waals surface area contributed by atoms with Gasteiger partial charge in [0.05, 0.1) is 30.1 Å². The highest BCUT2D eigenvalue weighted by atomic mass is 16.5. The number of nitrogens with zero attached hydrogens (tertiary/aromatic N) is 1. The topological polar surface area (TPSA) is 108 Å². The van der Waals surface area contributed by atoms with Crippen molar-refractivity contribution in [2.45, 2.75) is 95.0 Å². The molecule has 3 heterocycles. The van der Waals surface area contributed by atoms with Crippen LogP contribution in [0.3, 0.4) is 0 Å². The maximum absolute atomic E-state index is 14.2. The van der Waals surface area contributed by atoms with Crippen molar-refractivity contribution < 1.29 is 24.2 Å². The second-order valence-corrected chi connectivity index (χ2v) is 11.7. The van der Waals surface area contributed by atoms with Gasteiger partial charge in [-0.3, -0.25) is 14.4 Å². The van der Waals surface area contributed by atoms with E-state index in [4.69, 9.17) is 4.74 Å². The van der Waals surface area contributed by atoms with Gasteiger partial charge in [-0.25, -0.2) is 0 Å². The molecule has 6 atom stereocenters. The fourth-order valence-corrected chi connectivity index (χ4v) is 7.31. The highest BCUT2D eigenvalue weighted by Crippen LogP contribution is 2.63. The first-order chi connectivity index (χ1) is 17.2. The fourth-order valence-electron chi connectivity index (χ4n) is 7.31. The molecule has 0 aromatic heterocycles. The number of benzene rings is 1. The predicted molar refractivity (Wildman–Crippen MR) is 135 cm³/mol. The molecule has 2 unspecified atom stereocenters. The number of hydrogen-bond acceptors (Lipinski definition) is 5. The van der Waals surface area contributed by atoms with Crippen LogP contribution in [0.5, 0.6) is 0 Å². The van der Waals surface area contributed by atoms with E-state index in [1.165, 1.54) is 6.42 Å². The first kappa shape index (κ1) is 25.2. The molecule has 36 heavy (non-hydrogen) atoms. The van der Waals surface area contributed by atoms with Gasteiger partial charge in [0, 0.05) is 11.7 Å². The summed E-state index contributed by atoms with van der Waals surface area (Å²) >= 11 is 0. The molecule has 8 nitrogen and oxygen atoms in total. The molecule has 196 valence electrons. The summed E-state index contributed by atoms with van der Waals surface area (Å²) < 4.78 is 6.67. The van der Waals surface area contributed by atoms with E-state index in [0.29, 0.717) is 18.5 Å². The third-order valence-corrected chi connectivity index (χ3v) is 9.05. The SMILES string of the molecule is CC(C)[C@H](CO)N1C(=O)[C@@H]2[C@H](C(=O)Nc3ccccc3)[C@]3(C)CCC2(O3)C1C(=O)NC1CCCCC1. The molecule has 3 saturated heterocycles. The largest absolute Gasteiger partial charge is 0.394 e. The number of aliphatic hydroxyl groups excluding tert-OH is 1. The van der Waals surface area contributed by atoms with Crippen molar-refractivity contribution in [3.63, 3.8) is 0 Å². The lowest BCUT2D eigenvalue weighted by atomic mass is 9.66. The summed E-state index contributed by atoms with van der Waals surface area (Å²) in [6.07, 6.45) is 6.31. The van der Waals surface area contributed by atoms with Crippen LogP contribution in [-0.2, 0) is 19.1 Å². The average molecular weight is 498 g/mol. The van der Waals surface area contributed by atoms with Gasteiger partial charge in [-0.2, -0.15) is 0 Å². The minimum Gasteiger partial charge on any atom is -0.394 e. The minimum absolute atomic E-state index is 0.0662. The van der Waals surface area contributed by atoms with Gasteiger partial charge in [-0.1, -0.05) is 51.3 Å². The van der Waals surface area contributed by atoms with E-state index in [1.54, 1.807) is 4.90 Å². The number of likely N-dealkylation sites (tertiary alicyclic amines) is 1. The lowest BCUT2D eigenvalue weighted by Crippen LogP contribution is -2.60. The summed E-state index contributed by atoms with van der Waals surface area (Å²) in [7, 11) is 0. The van der Waals surface area contributed by atoms with E-state index in [0.717, 1.165) is 25.7 Å². The van der Waals surface area contributed by atoms with Crippen molar-refractivity contribution in [3.05, 3.63) is 30.3 Å². The number of fused-ring (bicyclic) bond motifs is 1. The van der Waals surface area contributed by atoms with Crippen LogP contribution >= 0.6 is 0 Å². The van der Waals surface area contributed by atoms with E-state index in [2.05, 4.69) is 10.6 Å². The maximum atomic E-state index is 14.2. The molecule has 0 radical (unpaired) electrons. The first-order valence-corrected chi connectivity index (χ1v) is 13.5. The minimum atomic E-state index is -1.08. The fraction of sp³-hybridized carbons (Fsp3) is 0.679. The van der Waals surface area contributed by atoms with Crippen molar-refractivity contribution in [1.29, 1.82) is 0 Å². The van der Waals surface area contributed by atoms with Gasteiger partial charge in [0.25, 0.3) is 0 Å². The number of para-hydroxylation sites is 1. The molecule has 1 aromatic rings. The predicted octanol–water partition coefficient (Wildman–Crippen LogP) is 2.86. The zero-order valence-electron chi connectivity index (χ0n) is 21.5. The number of anilines is 1. The Kier molecular flexibility index (Phi) is 6.62. The van der Waals surface area contributed by atoms with Crippen LogP contribution in [0.25, 0.3) is 0 Å². The number of carbonyl (C=O) groups excluding carboxylic acids is 3. The standard InChI is InChI=1S/C28H39N3O5/c1-17(2)20(16-32)31-23(25(34)30-19-12-8-5-9-13-19)28-15-14-27(3,36-28)21(22(28)26(31)35)24(33)29-18-10-6-4-7-11-18/h4,6-7,10-11,17,19-23,32H,5,8-9,12-16H2,1-3H3,(H,29,33)(H,30,34)/t20-,21+,22-,23?,27-,28?/m0/s1. The third-order valence-electron chi connectivity index (χ3n) is 9.05. The highest BCUT2D eigenvalue weighted by Gasteiger charge is 2.78. The number of nitrogens with one attached hydrogen (secondary N) is 2. The first-order valence-electron chi connectivity index (χ1n) is 13.5. The van der Waals surface area contributed by atoms with Gasteiger partial charge in [0.1, 0.15) is 11.6 Å². The van der Waals surface area contributed by atoms with Crippen LogP contribution in [0.2, 0.25) is 0 Å². The normalized spacial score (nSPS) is 34.6. The number of carbonyl (C=O) groups is 3. The van der Waals surface area contributed by atoms with Crippen molar-refractivity contribution in [1.82, 2.24) is 10.2 Å². The molecule has 8 heteroatoms. The molecule has 3 N–H and O–H groups in total. The van der Waals surface area contributed by atoms with Crippen LogP contribution in [0, 0.1) is 17.8 Å². The monoisotopic (exact) mass is 497 g/mol. The maximum Gasteiger partial charge on any atom is 0.246 e. The van der Waals surface area contributed by atoms with E-state index in [1.807, 2.05) is 51.1 Å². The average Bonchev–Trinajstić information content (AvgIpc) is 3.42. The second kappa shape index (κ2) is 9.45. The Morgan fingerprint density at radius 2 is 1.81 bits per heavy atom. The van der Waals surface area contributed by atoms with Crippen molar-refractivity contribution in [2.24, 2.45) is 17.8 Å². The Labute approximate surface area is 213 Å². The smallest absolute Gasteiger partial charge is 0.246 e. The van der Waals surface area contributed by atoms with Crippen molar-refractivity contribution >= 4 is 23.4 Å². The summed E-state index contributed by atoms with van der Waals surface area (Å²) in [5.74, 6) is -2.30. The zero-order chi connectivity index (χ0) is 25.7. The van der Waals surface area contributed by atoms with Gasteiger partial charge in [0.15, 0.2) is 0 Å². The van der Waals surface area contributed by atoms with E-state index in [-0.39, 0.29) is 36.3 Å². The number of amides is 3. The number of ether oxygens (including phenoxy) is 1. The number of hydrogen-bond donors (Lipinski definition) is 3.